The Labute approximate surface area is 80.7 Å². The minimum atomic E-state index is 0. The summed E-state index contributed by atoms with van der Waals surface area (Å²) in [7, 11) is 0. The van der Waals surface area contributed by atoms with Crippen LogP contribution < -0.4 is 5.73 Å². The van der Waals surface area contributed by atoms with E-state index in [2.05, 4.69) is 4.98 Å². The van der Waals surface area contributed by atoms with Crippen molar-refractivity contribution >= 4 is 5.69 Å². The van der Waals surface area contributed by atoms with Crippen molar-refractivity contribution in [3.63, 3.8) is 0 Å². The van der Waals surface area contributed by atoms with Crippen LogP contribution in [0.1, 0.15) is 0 Å². The van der Waals surface area contributed by atoms with Gasteiger partial charge in [-0.1, -0.05) is 0 Å². The van der Waals surface area contributed by atoms with Gasteiger partial charge in [0.05, 0.1) is 5.69 Å². The van der Waals surface area contributed by atoms with Crippen LogP contribution in [0.25, 0.3) is 0 Å². The summed E-state index contributed by atoms with van der Waals surface area (Å²) in [5.41, 5.74) is 6.01. The van der Waals surface area contributed by atoms with E-state index in [4.69, 9.17) is 5.73 Å². The quantitative estimate of drug-likeness (QED) is 0.634. The monoisotopic (exact) mass is 198 g/mol. The van der Waals surface area contributed by atoms with E-state index >= 15 is 0 Å². The van der Waals surface area contributed by atoms with E-state index in [0.29, 0.717) is 5.69 Å². The molecule has 1 rings (SSSR count). The van der Waals surface area contributed by atoms with Crippen molar-refractivity contribution in [1.82, 2.24) is 4.98 Å². The van der Waals surface area contributed by atoms with Crippen molar-refractivity contribution in [2.75, 3.05) is 5.73 Å². The first-order valence-electron chi connectivity index (χ1n) is 2.05. The molecular formula is C6H9N2Y-. The minimum absolute atomic E-state index is 0. The first-order valence-corrected chi connectivity index (χ1v) is 2.05. The molecule has 0 saturated heterocycles. The van der Waals surface area contributed by atoms with Gasteiger partial charge in [-0.05, 0) is 12.1 Å². The van der Waals surface area contributed by atoms with Gasteiger partial charge < -0.3 is 13.2 Å². The van der Waals surface area contributed by atoms with Crippen molar-refractivity contribution in [3.05, 3.63) is 32.0 Å². The van der Waals surface area contributed by atoms with Gasteiger partial charge >= 0.3 is 0 Å². The number of nitrogen functional groups attached to an aromatic ring is 1. The number of anilines is 1. The Hall–Kier alpha value is 0.0539. The van der Waals surface area contributed by atoms with E-state index in [9.17, 15) is 0 Å². The van der Waals surface area contributed by atoms with Crippen molar-refractivity contribution in [2.24, 2.45) is 0 Å². The molecule has 0 fully saturated rings. The van der Waals surface area contributed by atoms with Gasteiger partial charge in [0, 0.05) is 45.1 Å². The molecule has 0 aromatic carbocycles. The van der Waals surface area contributed by atoms with Crippen LogP contribution in [0.3, 0.4) is 0 Å². The minimum Gasteiger partial charge on any atom is -0.397 e. The Morgan fingerprint density at radius 1 is 1.44 bits per heavy atom. The summed E-state index contributed by atoms with van der Waals surface area (Å²) in [6, 6.07) is 3.60. The number of aromatic nitrogens is 1. The molecule has 2 nitrogen and oxygen atoms in total. The molecule has 9 heavy (non-hydrogen) atoms. The zero-order valence-corrected chi connectivity index (χ0v) is 8.25. The Bertz CT molecular complexity index is 141. The topological polar surface area (TPSA) is 38.9 Å². The third-order valence-electron chi connectivity index (χ3n) is 0.684. The molecule has 0 bridgehead atoms. The summed E-state index contributed by atoms with van der Waals surface area (Å²) in [5.74, 6) is 0. The van der Waals surface area contributed by atoms with Crippen LogP contribution in [0.2, 0.25) is 0 Å². The molecule has 0 unspecified atom stereocenters. The fourth-order valence-corrected chi connectivity index (χ4v) is 0.376. The van der Waals surface area contributed by atoms with E-state index in [-0.39, 0.29) is 40.1 Å². The average Bonchev–Trinajstić information content (AvgIpc) is 1.69. The molecule has 0 aliphatic heterocycles. The molecule has 2 N–H and O–H groups in total. The SMILES string of the molecule is Nc1cccnc1.[CH3-].[Y]. The molecule has 3 heteroatoms. The van der Waals surface area contributed by atoms with Gasteiger partial charge in [0.25, 0.3) is 0 Å². The van der Waals surface area contributed by atoms with Crippen LogP contribution >= 0.6 is 0 Å². The smallest absolute Gasteiger partial charge is 0.0500 e. The molecule has 0 spiro atoms. The molecule has 0 aliphatic rings. The van der Waals surface area contributed by atoms with Gasteiger partial charge in [-0.15, -0.1) is 0 Å². The van der Waals surface area contributed by atoms with E-state index in [1.54, 1.807) is 24.5 Å². The standard InChI is InChI=1S/C5H6N2.CH3.Y/c6-5-2-1-3-7-4-5;;/h1-4H,6H2;1H3;/q;-1;. The second-order valence-electron chi connectivity index (χ2n) is 1.29. The zero-order valence-electron chi connectivity index (χ0n) is 5.41. The molecule has 47 valence electrons. The Morgan fingerprint density at radius 2 is 2.11 bits per heavy atom. The van der Waals surface area contributed by atoms with Crippen LogP contribution in [0.4, 0.5) is 5.69 Å². The first-order chi connectivity index (χ1) is 3.39. The second-order valence-corrected chi connectivity index (χ2v) is 1.29. The zero-order chi connectivity index (χ0) is 5.11. The number of hydrogen-bond donors (Lipinski definition) is 1. The van der Waals surface area contributed by atoms with Crippen LogP contribution in [-0.4, -0.2) is 4.98 Å². The molecule has 0 atom stereocenters. The molecule has 1 aromatic rings. The number of hydrogen-bond acceptors (Lipinski definition) is 2. The van der Waals surface area contributed by atoms with Crippen LogP contribution in [-0.2, 0) is 32.7 Å². The normalized spacial score (nSPS) is 6.67. The van der Waals surface area contributed by atoms with Gasteiger partial charge in [0.1, 0.15) is 0 Å². The number of nitrogens with zero attached hydrogens (tertiary/aromatic N) is 1. The number of rotatable bonds is 0. The molecule has 0 aliphatic carbocycles. The Kier molecular flexibility index (Phi) is 8.10. The van der Waals surface area contributed by atoms with Gasteiger partial charge in [-0.2, -0.15) is 0 Å². The maximum atomic E-state index is 5.30. The Morgan fingerprint density at radius 3 is 2.33 bits per heavy atom. The second kappa shape index (κ2) is 6.18. The summed E-state index contributed by atoms with van der Waals surface area (Å²) in [6.07, 6.45) is 3.30. The third kappa shape index (κ3) is 4.55. The van der Waals surface area contributed by atoms with Gasteiger partial charge in [-0.3, -0.25) is 4.98 Å². The maximum Gasteiger partial charge on any atom is 0.0500 e. The van der Waals surface area contributed by atoms with E-state index < -0.39 is 0 Å². The fourth-order valence-electron chi connectivity index (χ4n) is 0.376. The first kappa shape index (κ1) is 11.8. The van der Waals surface area contributed by atoms with Crippen LogP contribution in [0.5, 0.6) is 0 Å². The molecule has 1 radical (unpaired) electrons. The summed E-state index contributed by atoms with van der Waals surface area (Å²) < 4.78 is 0. The van der Waals surface area contributed by atoms with Crippen LogP contribution in [0, 0.1) is 7.43 Å². The van der Waals surface area contributed by atoms with Gasteiger partial charge in [0.2, 0.25) is 0 Å². The van der Waals surface area contributed by atoms with Crippen LogP contribution in [0.15, 0.2) is 24.5 Å². The van der Waals surface area contributed by atoms with E-state index in [1.165, 1.54) is 0 Å². The summed E-state index contributed by atoms with van der Waals surface area (Å²) >= 11 is 0. The predicted molar refractivity (Wildman–Crippen MR) is 35.1 cm³/mol. The third-order valence-corrected chi connectivity index (χ3v) is 0.684. The molecule has 1 aromatic heterocycles. The van der Waals surface area contributed by atoms with Crippen molar-refractivity contribution in [2.45, 2.75) is 0 Å². The maximum absolute atomic E-state index is 5.30. The van der Waals surface area contributed by atoms with Gasteiger partial charge in [-0.25, -0.2) is 0 Å². The largest absolute Gasteiger partial charge is 0.397 e. The van der Waals surface area contributed by atoms with Gasteiger partial charge in [0.15, 0.2) is 0 Å². The summed E-state index contributed by atoms with van der Waals surface area (Å²) in [5, 5.41) is 0. The van der Waals surface area contributed by atoms with Crippen molar-refractivity contribution in [1.29, 1.82) is 0 Å². The molecule has 1 heterocycles. The number of nitrogens with two attached hydrogens (primary N) is 1. The number of pyridine rings is 1. The average molecular weight is 198 g/mol. The predicted octanol–water partition coefficient (Wildman–Crippen LogP) is 1.11. The summed E-state index contributed by atoms with van der Waals surface area (Å²) in [4.78, 5) is 3.76. The summed E-state index contributed by atoms with van der Waals surface area (Å²) in [6.45, 7) is 0. The molecular weight excluding hydrogens is 189 g/mol. The Balaban J connectivity index is 0. The fraction of sp³-hybridized carbons (Fsp3) is 0. The van der Waals surface area contributed by atoms with E-state index in [1.807, 2.05) is 0 Å². The van der Waals surface area contributed by atoms with Crippen molar-refractivity contribution < 1.29 is 32.7 Å². The van der Waals surface area contributed by atoms with E-state index in [0.717, 1.165) is 0 Å². The molecule has 0 saturated carbocycles. The molecule has 0 amide bonds. The van der Waals surface area contributed by atoms with Crippen molar-refractivity contribution in [3.8, 4) is 0 Å².